The van der Waals surface area contributed by atoms with E-state index in [-0.39, 0.29) is 0 Å². The molecule has 1 aromatic carbocycles. The van der Waals surface area contributed by atoms with Crippen LogP contribution in [-0.2, 0) is 0 Å². The highest BCUT2D eigenvalue weighted by atomic mass is 35.5. The Bertz CT molecular complexity index is 402. The summed E-state index contributed by atoms with van der Waals surface area (Å²) in [6, 6.07) is 9.03. The Hall–Kier alpha value is -0.530. The Morgan fingerprint density at radius 2 is 1.79 bits per heavy atom. The van der Waals surface area contributed by atoms with Crippen molar-refractivity contribution in [1.29, 1.82) is 0 Å². The molecule has 0 aromatic heterocycles. The SMILES string of the molecule is CC(C)C(C)(C)CNC1CC(c2ccc(Cl)cc2)C1. The van der Waals surface area contributed by atoms with E-state index in [1.807, 2.05) is 12.1 Å². The van der Waals surface area contributed by atoms with Gasteiger partial charge in [0.15, 0.2) is 0 Å². The van der Waals surface area contributed by atoms with Gasteiger partial charge in [-0.25, -0.2) is 0 Å². The van der Waals surface area contributed by atoms with E-state index in [1.54, 1.807) is 0 Å². The second kappa shape index (κ2) is 5.85. The first kappa shape index (κ1) is 14.9. The molecule has 1 saturated carbocycles. The third-order valence-electron chi connectivity index (χ3n) is 4.89. The van der Waals surface area contributed by atoms with Crippen LogP contribution in [-0.4, -0.2) is 12.6 Å². The summed E-state index contributed by atoms with van der Waals surface area (Å²) >= 11 is 5.92. The lowest BCUT2D eigenvalue weighted by atomic mass is 9.74. The van der Waals surface area contributed by atoms with E-state index in [1.165, 1.54) is 18.4 Å². The summed E-state index contributed by atoms with van der Waals surface area (Å²) < 4.78 is 0. The number of hydrogen-bond donors (Lipinski definition) is 1. The predicted molar refractivity (Wildman–Crippen MR) is 83.8 cm³/mol. The molecule has 0 unspecified atom stereocenters. The van der Waals surface area contributed by atoms with Crippen molar-refractivity contribution in [2.24, 2.45) is 11.3 Å². The smallest absolute Gasteiger partial charge is 0.0406 e. The largest absolute Gasteiger partial charge is 0.313 e. The fourth-order valence-electron chi connectivity index (χ4n) is 2.40. The van der Waals surface area contributed by atoms with Gasteiger partial charge in [0.05, 0.1) is 0 Å². The van der Waals surface area contributed by atoms with Gasteiger partial charge in [0.1, 0.15) is 0 Å². The van der Waals surface area contributed by atoms with Gasteiger partial charge in [-0.2, -0.15) is 0 Å². The zero-order valence-corrected chi connectivity index (χ0v) is 13.3. The van der Waals surface area contributed by atoms with Crippen molar-refractivity contribution in [2.45, 2.75) is 52.5 Å². The van der Waals surface area contributed by atoms with E-state index < -0.39 is 0 Å². The van der Waals surface area contributed by atoms with Crippen LogP contribution in [0, 0.1) is 11.3 Å². The van der Waals surface area contributed by atoms with Crippen molar-refractivity contribution in [2.75, 3.05) is 6.54 Å². The molecule has 1 aliphatic rings. The van der Waals surface area contributed by atoms with Gasteiger partial charge >= 0.3 is 0 Å². The second-order valence-electron chi connectivity index (χ2n) is 6.94. The van der Waals surface area contributed by atoms with E-state index in [9.17, 15) is 0 Å². The molecule has 1 fully saturated rings. The van der Waals surface area contributed by atoms with Crippen molar-refractivity contribution in [1.82, 2.24) is 5.32 Å². The summed E-state index contributed by atoms with van der Waals surface area (Å²) in [6.07, 6.45) is 2.52. The maximum absolute atomic E-state index is 5.92. The number of benzene rings is 1. The molecule has 0 heterocycles. The highest BCUT2D eigenvalue weighted by Crippen LogP contribution is 2.37. The summed E-state index contributed by atoms with van der Waals surface area (Å²) in [6.45, 7) is 10.4. The summed E-state index contributed by atoms with van der Waals surface area (Å²) in [5.41, 5.74) is 1.82. The molecule has 1 N–H and O–H groups in total. The summed E-state index contributed by atoms with van der Waals surface area (Å²) in [5, 5.41) is 4.56. The zero-order valence-electron chi connectivity index (χ0n) is 12.5. The topological polar surface area (TPSA) is 12.0 Å². The maximum atomic E-state index is 5.92. The predicted octanol–water partition coefficient (Wildman–Crippen LogP) is 4.86. The van der Waals surface area contributed by atoms with Crippen LogP contribution in [0.3, 0.4) is 0 Å². The van der Waals surface area contributed by atoms with E-state index in [4.69, 9.17) is 11.6 Å². The first-order valence-electron chi connectivity index (χ1n) is 7.37. The summed E-state index contributed by atoms with van der Waals surface area (Å²) in [7, 11) is 0. The number of rotatable bonds is 5. The molecule has 19 heavy (non-hydrogen) atoms. The van der Waals surface area contributed by atoms with Crippen LogP contribution in [0.25, 0.3) is 0 Å². The van der Waals surface area contributed by atoms with Gasteiger partial charge in [-0.3, -0.25) is 0 Å². The van der Waals surface area contributed by atoms with E-state index in [0.717, 1.165) is 17.5 Å². The molecule has 0 spiro atoms. The average molecular weight is 280 g/mol. The summed E-state index contributed by atoms with van der Waals surface area (Å²) in [4.78, 5) is 0. The van der Waals surface area contributed by atoms with Crippen molar-refractivity contribution in [3.8, 4) is 0 Å². The molecule has 1 aliphatic carbocycles. The zero-order chi connectivity index (χ0) is 14.0. The van der Waals surface area contributed by atoms with E-state index in [0.29, 0.717) is 17.4 Å². The molecule has 106 valence electrons. The van der Waals surface area contributed by atoms with Crippen LogP contribution in [0.5, 0.6) is 0 Å². The Morgan fingerprint density at radius 1 is 1.21 bits per heavy atom. The molecule has 0 amide bonds. The van der Waals surface area contributed by atoms with Crippen molar-refractivity contribution >= 4 is 11.6 Å². The van der Waals surface area contributed by atoms with Crippen LogP contribution in [0.2, 0.25) is 5.02 Å². The van der Waals surface area contributed by atoms with Gasteiger partial charge < -0.3 is 5.32 Å². The van der Waals surface area contributed by atoms with Crippen LogP contribution in [0.4, 0.5) is 0 Å². The van der Waals surface area contributed by atoms with Crippen molar-refractivity contribution in [3.05, 3.63) is 34.9 Å². The van der Waals surface area contributed by atoms with E-state index >= 15 is 0 Å². The third kappa shape index (κ3) is 3.73. The Morgan fingerprint density at radius 3 is 2.32 bits per heavy atom. The lowest BCUT2D eigenvalue weighted by Gasteiger charge is -2.39. The highest BCUT2D eigenvalue weighted by Gasteiger charge is 2.32. The minimum Gasteiger partial charge on any atom is -0.313 e. The molecule has 0 saturated heterocycles. The first-order valence-corrected chi connectivity index (χ1v) is 7.75. The Labute approximate surface area is 122 Å². The van der Waals surface area contributed by atoms with Crippen molar-refractivity contribution < 1.29 is 0 Å². The minimum atomic E-state index is 0.380. The second-order valence-corrected chi connectivity index (χ2v) is 7.38. The first-order chi connectivity index (χ1) is 8.88. The minimum absolute atomic E-state index is 0.380. The fraction of sp³-hybridized carbons (Fsp3) is 0.647. The monoisotopic (exact) mass is 279 g/mol. The van der Waals surface area contributed by atoms with Crippen LogP contribution >= 0.6 is 11.6 Å². The van der Waals surface area contributed by atoms with E-state index in [2.05, 4.69) is 45.1 Å². The third-order valence-corrected chi connectivity index (χ3v) is 5.14. The van der Waals surface area contributed by atoms with Crippen molar-refractivity contribution in [3.63, 3.8) is 0 Å². The summed E-state index contributed by atoms with van der Waals surface area (Å²) in [5.74, 6) is 1.43. The number of hydrogen-bond acceptors (Lipinski definition) is 1. The quantitative estimate of drug-likeness (QED) is 0.812. The molecule has 0 atom stereocenters. The lowest BCUT2D eigenvalue weighted by Crippen LogP contribution is -2.45. The standard InChI is InChI=1S/C17H26ClN/c1-12(2)17(3,4)11-19-16-9-14(10-16)13-5-7-15(18)8-6-13/h5-8,12,14,16,19H,9-11H2,1-4H3. The van der Waals surface area contributed by atoms with Gasteiger partial charge in [-0.05, 0) is 47.8 Å². The molecule has 0 bridgehead atoms. The number of halogens is 1. The van der Waals surface area contributed by atoms with Gasteiger partial charge in [0, 0.05) is 17.6 Å². The molecule has 0 radical (unpaired) electrons. The molecule has 1 aromatic rings. The molecular weight excluding hydrogens is 254 g/mol. The average Bonchev–Trinajstić information content (AvgIpc) is 2.29. The highest BCUT2D eigenvalue weighted by molar-refractivity contribution is 6.30. The van der Waals surface area contributed by atoms with Gasteiger partial charge in [-0.1, -0.05) is 51.4 Å². The molecule has 1 nitrogen and oxygen atoms in total. The van der Waals surface area contributed by atoms with Gasteiger partial charge in [0.2, 0.25) is 0 Å². The lowest BCUT2D eigenvalue weighted by molar-refractivity contribution is 0.197. The Kier molecular flexibility index (Phi) is 4.58. The van der Waals surface area contributed by atoms with Crippen LogP contribution < -0.4 is 5.32 Å². The molecule has 2 rings (SSSR count). The Balaban J connectivity index is 1.76. The van der Waals surface area contributed by atoms with Crippen LogP contribution in [0.1, 0.15) is 52.0 Å². The molecular formula is C17H26ClN. The molecule has 0 aliphatic heterocycles. The normalized spacial score (nSPS) is 23.5. The maximum Gasteiger partial charge on any atom is 0.0406 e. The molecule has 2 heteroatoms. The van der Waals surface area contributed by atoms with Gasteiger partial charge in [0.25, 0.3) is 0 Å². The fourth-order valence-corrected chi connectivity index (χ4v) is 2.53. The number of nitrogens with one attached hydrogen (secondary N) is 1. The van der Waals surface area contributed by atoms with Gasteiger partial charge in [-0.15, -0.1) is 0 Å². The van der Waals surface area contributed by atoms with Crippen LogP contribution in [0.15, 0.2) is 24.3 Å².